The second-order valence-electron chi connectivity index (χ2n) is 7.89. The van der Waals surface area contributed by atoms with Crippen molar-refractivity contribution in [1.29, 1.82) is 0 Å². The number of rotatable bonds is 4. The predicted octanol–water partition coefficient (Wildman–Crippen LogP) is 2.35. The smallest absolute Gasteiger partial charge is 0.272 e. The zero-order chi connectivity index (χ0) is 22.1. The summed E-state index contributed by atoms with van der Waals surface area (Å²) in [6.45, 7) is 4.42. The van der Waals surface area contributed by atoms with E-state index in [1.807, 2.05) is 36.9 Å². The first-order valence-corrected chi connectivity index (χ1v) is 10.2. The van der Waals surface area contributed by atoms with Crippen LogP contribution in [-0.4, -0.2) is 70.8 Å². The van der Waals surface area contributed by atoms with Crippen LogP contribution in [0.25, 0.3) is 11.3 Å². The monoisotopic (exact) mass is 423 g/mol. The Balaban J connectivity index is 1.46. The van der Waals surface area contributed by atoms with Crippen molar-refractivity contribution in [1.82, 2.24) is 24.6 Å². The van der Waals surface area contributed by atoms with Gasteiger partial charge in [0.05, 0.1) is 5.69 Å². The lowest BCUT2D eigenvalue weighted by Crippen LogP contribution is -2.49. The minimum Gasteiger partial charge on any atom is -0.363 e. The normalized spacial score (nSPS) is 14.1. The molecule has 2 aromatic heterocycles. The number of nitrogens with zero attached hydrogens (tertiary/aromatic N) is 7. The van der Waals surface area contributed by atoms with Crippen molar-refractivity contribution in [3.8, 4) is 11.3 Å². The molecular formula is C22H26FN7O. The Labute approximate surface area is 180 Å². The number of halogens is 1. The number of aryl methyl sites for hydroxylation is 2. The van der Waals surface area contributed by atoms with Crippen LogP contribution in [-0.2, 0) is 7.05 Å². The number of aromatic nitrogens is 4. The van der Waals surface area contributed by atoms with Crippen LogP contribution in [0.2, 0.25) is 0 Å². The molecular weight excluding hydrogens is 397 g/mol. The first kappa shape index (κ1) is 20.8. The molecule has 0 atom stereocenters. The number of carbonyl (C=O) groups excluding carboxylic acids is 1. The van der Waals surface area contributed by atoms with E-state index in [4.69, 9.17) is 0 Å². The summed E-state index contributed by atoms with van der Waals surface area (Å²) < 4.78 is 14.8. The largest absolute Gasteiger partial charge is 0.363 e. The molecule has 0 unspecified atom stereocenters. The number of anilines is 2. The third kappa shape index (κ3) is 4.35. The highest BCUT2D eigenvalue weighted by Gasteiger charge is 2.26. The first-order chi connectivity index (χ1) is 14.8. The number of amides is 1. The molecule has 0 radical (unpaired) electrons. The van der Waals surface area contributed by atoms with E-state index in [0.717, 1.165) is 17.1 Å². The Morgan fingerprint density at radius 3 is 2.35 bits per heavy atom. The molecule has 1 aliphatic rings. The summed E-state index contributed by atoms with van der Waals surface area (Å²) in [5.41, 5.74) is 2.84. The Kier molecular flexibility index (Phi) is 5.58. The van der Waals surface area contributed by atoms with Crippen LogP contribution in [0.5, 0.6) is 0 Å². The minimum atomic E-state index is -0.302. The van der Waals surface area contributed by atoms with Gasteiger partial charge < -0.3 is 14.7 Å². The van der Waals surface area contributed by atoms with Gasteiger partial charge in [0.2, 0.25) is 5.95 Å². The van der Waals surface area contributed by atoms with Gasteiger partial charge >= 0.3 is 0 Å². The van der Waals surface area contributed by atoms with Gasteiger partial charge in [-0.05, 0) is 37.3 Å². The van der Waals surface area contributed by atoms with Crippen molar-refractivity contribution < 1.29 is 9.18 Å². The molecule has 3 aromatic rings. The predicted molar refractivity (Wildman–Crippen MR) is 118 cm³/mol. The molecule has 1 amide bonds. The average Bonchev–Trinajstić information content (AvgIpc) is 3.15. The summed E-state index contributed by atoms with van der Waals surface area (Å²) in [4.78, 5) is 28.2. The molecule has 1 fully saturated rings. The molecule has 3 heterocycles. The van der Waals surface area contributed by atoms with Crippen molar-refractivity contribution in [3.63, 3.8) is 0 Å². The molecule has 8 nitrogen and oxygen atoms in total. The Hall–Kier alpha value is -3.49. The van der Waals surface area contributed by atoms with E-state index in [1.54, 1.807) is 29.9 Å². The third-order valence-corrected chi connectivity index (χ3v) is 5.38. The fraction of sp³-hybridized carbons (Fsp3) is 0.364. The number of hydrogen-bond acceptors (Lipinski definition) is 6. The van der Waals surface area contributed by atoms with Gasteiger partial charge in [-0.15, -0.1) is 0 Å². The summed E-state index contributed by atoms with van der Waals surface area (Å²) in [5, 5.41) is 4.44. The van der Waals surface area contributed by atoms with Crippen molar-refractivity contribution in [2.45, 2.75) is 6.92 Å². The molecule has 162 valence electrons. The molecule has 4 rings (SSSR count). The van der Waals surface area contributed by atoms with Crippen LogP contribution in [0.3, 0.4) is 0 Å². The highest BCUT2D eigenvalue weighted by atomic mass is 19.1. The molecule has 0 N–H and O–H groups in total. The maximum Gasteiger partial charge on any atom is 0.272 e. The summed E-state index contributed by atoms with van der Waals surface area (Å²) in [7, 11) is 5.66. The Morgan fingerprint density at radius 2 is 1.71 bits per heavy atom. The maximum atomic E-state index is 13.2. The van der Waals surface area contributed by atoms with E-state index in [0.29, 0.717) is 43.5 Å². The van der Waals surface area contributed by atoms with E-state index in [2.05, 4.69) is 20.0 Å². The molecule has 1 aromatic carbocycles. The van der Waals surface area contributed by atoms with Gasteiger partial charge in [0, 0.05) is 64.6 Å². The Morgan fingerprint density at radius 1 is 1.03 bits per heavy atom. The molecule has 0 saturated carbocycles. The van der Waals surface area contributed by atoms with Crippen LogP contribution < -0.4 is 9.80 Å². The Bertz CT molecular complexity index is 1090. The van der Waals surface area contributed by atoms with Crippen LogP contribution >= 0.6 is 0 Å². The standard InChI is InChI=1S/C22H26FN7O/c1-15-13-20(27(2)3)25-22(24-15)30-11-9-29(10-12-30)21(31)19-14-18(26-28(19)4)16-5-7-17(23)8-6-16/h5-8,13-14H,9-12H2,1-4H3. The first-order valence-electron chi connectivity index (χ1n) is 10.2. The third-order valence-electron chi connectivity index (χ3n) is 5.38. The minimum absolute atomic E-state index is 0.0675. The van der Waals surface area contributed by atoms with E-state index in [1.165, 1.54) is 12.1 Å². The quantitative estimate of drug-likeness (QED) is 0.642. The number of piperazine rings is 1. The van der Waals surface area contributed by atoms with Crippen molar-refractivity contribution in [2.24, 2.45) is 7.05 Å². The van der Waals surface area contributed by atoms with Gasteiger partial charge in [0.25, 0.3) is 5.91 Å². The van der Waals surface area contributed by atoms with E-state index in [-0.39, 0.29) is 11.7 Å². The fourth-order valence-corrected chi connectivity index (χ4v) is 3.61. The number of benzene rings is 1. The van der Waals surface area contributed by atoms with Crippen LogP contribution in [0.4, 0.5) is 16.2 Å². The SMILES string of the molecule is Cc1cc(N(C)C)nc(N2CCN(C(=O)c3cc(-c4ccc(F)cc4)nn3C)CC2)n1. The van der Waals surface area contributed by atoms with Gasteiger partial charge in [-0.2, -0.15) is 10.1 Å². The number of hydrogen-bond donors (Lipinski definition) is 0. The summed E-state index contributed by atoms with van der Waals surface area (Å²) in [6, 6.07) is 9.81. The zero-order valence-corrected chi connectivity index (χ0v) is 18.2. The second kappa shape index (κ2) is 8.33. The van der Waals surface area contributed by atoms with E-state index >= 15 is 0 Å². The topological polar surface area (TPSA) is 70.4 Å². The molecule has 1 aliphatic heterocycles. The van der Waals surface area contributed by atoms with Crippen LogP contribution in [0, 0.1) is 12.7 Å². The van der Waals surface area contributed by atoms with Gasteiger partial charge in [0.15, 0.2) is 0 Å². The van der Waals surface area contributed by atoms with Crippen molar-refractivity contribution in [3.05, 3.63) is 53.6 Å². The fourth-order valence-electron chi connectivity index (χ4n) is 3.61. The molecule has 0 aliphatic carbocycles. The zero-order valence-electron chi connectivity index (χ0n) is 18.2. The maximum absolute atomic E-state index is 13.2. The molecule has 9 heteroatoms. The van der Waals surface area contributed by atoms with Crippen molar-refractivity contribution >= 4 is 17.7 Å². The molecule has 31 heavy (non-hydrogen) atoms. The van der Waals surface area contributed by atoms with Gasteiger partial charge in [-0.1, -0.05) is 0 Å². The highest BCUT2D eigenvalue weighted by molar-refractivity contribution is 5.94. The lowest BCUT2D eigenvalue weighted by Gasteiger charge is -2.35. The van der Waals surface area contributed by atoms with Crippen LogP contribution in [0.1, 0.15) is 16.2 Å². The van der Waals surface area contributed by atoms with Gasteiger partial charge in [-0.25, -0.2) is 9.37 Å². The summed E-state index contributed by atoms with van der Waals surface area (Å²) in [6.07, 6.45) is 0. The average molecular weight is 423 g/mol. The molecule has 1 saturated heterocycles. The summed E-state index contributed by atoms with van der Waals surface area (Å²) in [5.74, 6) is 1.19. The highest BCUT2D eigenvalue weighted by Crippen LogP contribution is 2.21. The van der Waals surface area contributed by atoms with E-state index in [9.17, 15) is 9.18 Å². The lowest BCUT2D eigenvalue weighted by molar-refractivity contribution is 0.0735. The number of carbonyl (C=O) groups is 1. The van der Waals surface area contributed by atoms with Crippen LogP contribution in [0.15, 0.2) is 36.4 Å². The second-order valence-corrected chi connectivity index (χ2v) is 7.89. The van der Waals surface area contributed by atoms with E-state index < -0.39 is 0 Å². The molecule has 0 bridgehead atoms. The summed E-state index contributed by atoms with van der Waals surface area (Å²) >= 11 is 0. The van der Waals surface area contributed by atoms with Gasteiger partial charge in [-0.3, -0.25) is 9.48 Å². The lowest BCUT2D eigenvalue weighted by atomic mass is 10.1. The van der Waals surface area contributed by atoms with Gasteiger partial charge in [0.1, 0.15) is 17.3 Å². The molecule has 0 spiro atoms. The van der Waals surface area contributed by atoms with Crippen molar-refractivity contribution in [2.75, 3.05) is 50.1 Å².